The van der Waals surface area contributed by atoms with Gasteiger partial charge in [-0.15, -0.1) is 11.8 Å². The normalized spacial score (nSPS) is 15.2. The molecule has 1 aliphatic rings. The highest BCUT2D eigenvalue weighted by molar-refractivity contribution is 8.00. The maximum Gasteiger partial charge on any atom is 0.176 e. The maximum atomic E-state index is 13.4. The fraction of sp³-hybridized carbons (Fsp3) is 0.500. The van der Waals surface area contributed by atoms with Crippen molar-refractivity contribution in [3.05, 3.63) is 48.0 Å². The van der Waals surface area contributed by atoms with Gasteiger partial charge in [0.15, 0.2) is 17.3 Å². The van der Waals surface area contributed by atoms with Gasteiger partial charge in [-0.25, -0.2) is 0 Å². The highest BCUT2D eigenvalue weighted by Crippen LogP contribution is 2.36. The molecule has 0 saturated heterocycles. The second kappa shape index (κ2) is 12.8. The number of hydrogen-bond acceptors (Lipinski definition) is 6. The number of carbonyl (C=O) groups excluding carboxylic acids is 1. The summed E-state index contributed by atoms with van der Waals surface area (Å²) in [6.07, 6.45) is 5.99. The fourth-order valence-corrected chi connectivity index (χ4v) is 5.38. The summed E-state index contributed by atoms with van der Waals surface area (Å²) in [5.41, 5.74) is 0.735. The molecule has 1 unspecified atom stereocenters. The van der Waals surface area contributed by atoms with Crippen LogP contribution in [0.5, 0.6) is 23.0 Å². The van der Waals surface area contributed by atoms with E-state index in [1.807, 2.05) is 43.3 Å². The number of carbonyl (C=O) groups is 1. The summed E-state index contributed by atoms with van der Waals surface area (Å²) >= 11 is 1.75. The van der Waals surface area contributed by atoms with E-state index in [2.05, 4.69) is 0 Å². The van der Waals surface area contributed by atoms with E-state index in [9.17, 15) is 4.79 Å². The minimum Gasteiger partial charge on any atom is -0.497 e. The molecular weight excluding hydrogens is 424 g/mol. The van der Waals surface area contributed by atoms with E-state index in [0.717, 1.165) is 24.2 Å². The Morgan fingerprint density at radius 1 is 0.969 bits per heavy atom. The third kappa shape index (κ3) is 6.66. The molecule has 2 aromatic carbocycles. The van der Waals surface area contributed by atoms with Crippen molar-refractivity contribution in [2.24, 2.45) is 5.92 Å². The third-order valence-electron chi connectivity index (χ3n) is 5.80. The van der Waals surface area contributed by atoms with Crippen LogP contribution in [0.4, 0.5) is 0 Å². The van der Waals surface area contributed by atoms with Crippen LogP contribution in [0.3, 0.4) is 0 Å². The van der Waals surface area contributed by atoms with Crippen molar-refractivity contribution < 1.29 is 23.7 Å². The number of ether oxygens (including phenoxy) is 4. The Morgan fingerprint density at radius 2 is 1.69 bits per heavy atom. The summed E-state index contributed by atoms with van der Waals surface area (Å²) in [7, 11) is 3.21. The first-order chi connectivity index (χ1) is 15.7. The lowest BCUT2D eigenvalue weighted by molar-refractivity contribution is 0.0959. The maximum absolute atomic E-state index is 13.4. The number of thioether (sulfide) groups is 1. The van der Waals surface area contributed by atoms with Crippen LogP contribution in [-0.4, -0.2) is 44.2 Å². The van der Waals surface area contributed by atoms with Gasteiger partial charge in [-0.05, 0) is 62.1 Å². The Bertz CT molecular complexity index is 846. The van der Waals surface area contributed by atoms with Crippen molar-refractivity contribution in [3.8, 4) is 23.0 Å². The van der Waals surface area contributed by atoms with Crippen LogP contribution in [0.1, 0.15) is 49.4 Å². The largest absolute Gasteiger partial charge is 0.497 e. The second-order valence-corrected chi connectivity index (χ2v) is 9.14. The van der Waals surface area contributed by atoms with Crippen molar-refractivity contribution in [2.75, 3.05) is 33.2 Å². The molecule has 0 N–H and O–H groups in total. The smallest absolute Gasteiger partial charge is 0.176 e. The molecule has 5 nitrogen and oxygen atoms in total. The number of methoxy groups -OCH3 is 2. The molecule has 3 rings (SSSR count). The number of benzene rings is 2. The predicted octanol–water partition coefficient (Wildman–Crippen LogP) is 6.40. The van der Waals surface area contributed by atoms with Gasteiger partial charge in [-0.2, -0.15) is 0 Å². The van der Waals surface area contributed by atoms with Crippen LogP contribution in [0.2, 0.25) is 0 Å². The summed E-state index contributed by atoms with van der Waals surface area (Å²) in [6.45, 7) is 3.40. The minimum absolute atomic E-state index is 0.00999. The van der Waals surface area contributed by atoms with Crippen LogP contribution < -0.4 is 14.2 Å². The summed E-state index contributed by atoms with van der Waals surface area (Å²) in [4.78, 5) is 13.4. The molecule has 6 heteroatoms. The van der Waals surface area contributed by atoms with Crippen molar-refractivity contribution in [2.45, 2.75) is 44.3 Å². The highest BCUT2D eigenvalue weighted by Gasteiger charge is 2.30. The van der Waals surface area contributed by atoms with Crippen molar-refractivity contribution >= 4 is 17.5 Å². The van der Waals surface area contributed by atoms with Gasteiger partial charge in [0.05, 0.1) is 26.1 Å². The lowest BCUT2D eigenvalue weighted by Gasteiger charge is -2.29. The molecule has 0 radical (unpaired) electrons. The minimum atomic E-state index is -0.00999. The Balaban J connectivity index is 1.70. The highest BCUT2D eigenvalue weighted by atomic mass is 32.2. The molecule has 32 heavy (non-hydrogen) atoms. The van der Waals surface area contributed by atoms with E-state index < -0.39 is 0 Å². The average molecular weight is 459 g/mol. The van der Waals surface area contributed by atoms with Gasteiger partial charge < -0.3 is 18.9 Å². The van der Waals surface area contributed by atoms with Gasteiger partial charge in [-0.3, -0.25) is 4.79 Å². The second-order valence-electron chi connectivity index (χ2n) is 7.89. The van der Waals surface area contributed by atoms with Crippen LogP contribution in [0.25, 0.3) is 0 Å². The monoisotopic (exact) mass is 458 g/mol. The number of hydrogen-bond donors (Lipinski definition) is 0. The van der Waals surface area contributed by atoms with Crippen molar-refractivity contribution in [1.82, 2.24) is 0 Å². The molecule has 174 valence electrons. The van der Waals surface area contributed by atoms with Crippen LogP contribution in [0, 0.1) is 5.92 Å². The molecule has 0 spiro atoms. The molecule has 1 aliphatic carbocycles. The zero-order chi connectivity index (χ0) is 22.8. The quantitative estimate of drug-likeness (QED) is 0.271. The van der Waals surface area contributed by atoms with Gasteiger partial charge >= 0.3 is 0 Å². The van der Waals surface area contributed by atoms with Crippen molar-refractivity contribution in [3.63, 3.8) is 0 Å². The average Bonchev–Trinajstić information content (AvgIpc) is 2.85. The SMILES string of the molecule is CCOCCSC(C(=O)c1ccc(Oc2ccc(OC)cc2OC)cc1)C1CCCCC1. The summed E-state index contributed by atoms with van der Waals surface area (Å²) < 4.78 is 22.1. The van der Waals surface area contributed by atoms with Crippen molar-refractivity contribution in [1.29, 1.82) is 0 Å². The molecule has 0 aliphatic heterocycles. The van der Waals surface area contributed by atoms with Crippen LogP contribution in [-0.2, 0) is 4.74 Å². The lowest BCUT2D eigenvalue weighted by atomic mass is 9.84. The molecule has 0 amide bonds. The summed E-state index contributed by atoms with van der Waals surface area (Å²) in [6, 6.07) is 12.8. The fourth-order valence-electron chi connectivity index (χ4n) is 4.08. The van der Waals surface area contributed by atoms with E-state index >= 15 is 0 Å². The Morgan fingerprint density at radius 3 is 2.34 bits per heavy atom. The first-order valence-electron chi connectivity index (χ1n) is 11.4. The van der Waals surface area contributed by atoms with E-state index in [4.69, 9.17) is 18.9 Å². The first-order valence-corrected chi connectivity index (χ1v) is 12.4. The van der Waals surface area contributed by atoms with Gasteiger partial charge in [0.2, 0.25) is 0 Å². The molecule has 1 saturated carbocycles. The number of Topliss-reactive ketones (excluding diaryl/α,β-unsaturated/α-hetero) is 1. The molecule has 2 aromatic rings. The predicted molar refractivity (Wildman–Crippen MR) is 130 cm³/mol. The molecule has 1 atom stereocenters. The zero-order valence-electron chi connectivity index (χ0n) is 19.3. The lowest BCUT2D eigenvalue weighted by Crippen LogP contribution is -2.29. The number of ketones is 1. The molecule has 0 aromatic heterocycles. The molecule has 0 heterocycles. The Hall–Kier alpha value is -2.18. The Kier molecular flexibility index (Phi) is 9.75. The third-order valence-corrected chi connectivity index (χ3v) is 7.16. The van der Waals surface area contributed by atoms with Gasteiger partial charge in [-0.1, -0.05) is 19.3 Å². The van der Waals surface area contributed by atoms with Crippen LogP contribution >= 0.6 is 11.8 Å². The Labute approximate surface area is 195 Å². The van der Waals surface area contributed by atoms with Crippen LogP contribution in [0.15, 0.2) is 42.5 Å². The van der Waals surface area contributed by atoms with Gasteiger partial charge in [0.25, 0.3) is 0 Å². The van der Waals surface area contributed by atoms with E-state index in [0.29, 0.717) is 42.1 Å². The zero-order valence-corrected chi connectivity index (χ0v) is 20.1. The standard InChI is InChI=1S/C26H34O5S/c1-4-30-16-17-32-26(20-8-6-5-7-9-20)25(27)19-10-12-21(13-11-19)31-23-15-14-22(28-2)18-24(23)29-3/h10-15,18,20,26H,4-9,16-17H2,1-3H3. The van der Waals surface area contributed by atoms with E-state index in [1.165, 1.54) is 19.3 Å². The first kappa shape index (κ1) is 24.5. The van der Waals surface area contributed by atoms with E-state index in [-0.39, 0.29) is 11.0 Å². The van der Waals surface area contributed by atoms with Gasteiger partial charge in [0.1, 0.15) is 11.5 Å². The molecule has 1 fully saturated rings. The van der Waals surface area contributed by atoms with E-state index in [1.54, 1.807) is 32.0 Å². The number of rotatable bonds is 12. The summed E-state index contributed by atoms with van der Waals surface area (Å²) in [5, 5.41) is -0.00999. The van der Waals surface area contributed by atoms with Gasteiger partial charge in [0, 0.05) is 24.0 Å². The topological polar surface area (TPSA) is 54.0 Å². The summed E-state index contributed by atoms with van der Waals surface area (Å²) in [5.74, 6) is 4.05. The molecular formula is C26H34O5S. The molecule has 0 bridgehead atoms.